The molecular formula is C17H25F3N2O3. The number of alkyl halides is 3. The van der Waals surface area contributed by atoms with Crippen LogP contribution in [-0.4, -0.2) is 37.4 Å². The van der Waals surface area contributed by atoms with Gasteiger partial charge in [0.05, 0.1) is 0 Å². The molecule has 0 aromatic heterocycles. The Hall–Kier alpha value is -1.96. The highest BCUT2D eigenvalue weighted by Gasteiger charge is 2.29. The number of carbonyl (C=O) groups excluding carboxylic acids is 1. The topological polar surface area (TPSA) is 73.6 Å². The van der Waals surface area contributed by atoms with Gasteiger partial charge in [-0.25, -0.2) is 0 Å². The number of para-hydroxylation sites is 2. The summed E-state index contributed by atoms with van der Waals surface area (Å²) in [5, 5.41) is 2.81. The zero-order chi connectivity index (χ0) is 19.1. The summed E-state index contributed by atoms with van der Waals surface area (Å²) in [4.78, 5) is 12.1. The molecule has 1 aromatic carbocycles. The maximum absolute atomic E-state index is 12.3. The van der Waals surface area contributed by atoms with Gasteiger partial charge in [0.25, 0.3) is 5.91 Å². The van der Waals surface area contributed by atoms with Crippen LogP contribution in [0, 0.1) is 5.92 Å². The molecule has 142 valence electrons. The standard InChI is InChI=1S/C17H25F3N2O3/c1-12(2)8-16(3,10-21)22-15(23)9-24-13-6-4-5-7-14(13)25-11-17(18,19)20/h4-7,12H,8-11,21H2,1-3H3,(H,22,23). The lowest BCUT2D eigenvalue weighted by atomic mass is 9.91. The molecule has 1 atom stereocenters. The monoisotopic (exact) mass is 362 g/mol. The Kier molecular flexibility index (Phi) is 7.54. The number of ether oxygens (including phenoxy) is 2. The molecule has 1 aromatic rings. The van der Waals surface area contributed by atoms with E-state index >= 15 is 0 Å². The summed E-state index contributed by atoms with van der Waals surface area (Å²) in [5.74, 6) is -0.0675. The summed E-state index contributed by atoms with van der Waals surface area (Å²) in [7, 11) is 0. The first kappa shape index (κ1) is 21.1. The molecule has 3 N–H and O–H groups in total. The number of nitrogens with two attached hydrogens (primary N) is 1. The molecule has 0 aliphatic carbocycles. The fraction of sp³-hybridized carbons (Fsp3) is 0.588. The van der Waals surface area contributed by atoms with Crippen molar-refractivity contribution >= 4 is 5.91 Å². The van der Waals surface area contributed by atoms with E-state index in [-0.39, 0.29) is 24.7 Å². The Balaban J connectivity index is 2.64. The first-order valence-corrected chi connectivity index (χ1v) is 7.97. The number of hydrogen-bond acceptors (Lipinski definition) is 4. The second kappa shape index (κ2) is 8.94. The minimum atomic E-state index is -4.45. The van der Waals surface area contributed by atoms with Crippen molar-refractivity contribution in [1.29, 1.82) is 0 Å². The Morgan fingerprint density at radius 2 is 1.76 bits per heavy atom. The van der Waals surface area contributed by atoms with Gasteiger partial charge >= 0.3 is 6.18 Å². The van der Waals surface area contributed by atoms with E-state index in [2.05, 4.69) is 5.32 Å². The number of benzene rings is 1. The molecule has 0 saturated carbocycles. The van der Waals surface area contributed by atoms with Gasteiger partial charge in [-0.3, -0.25) is 4.79 Å². The maximum Gasteiger partial charge on any atom is 0.422 e. The van der Waals surface area contributed by atoms with E-state index < -0.39 is 24.2 Å². The van der Waals surface area contributed by atoms with Crippen LogP contribution >= 0.6 is 0 Å². The Bertz CT molecular complexity index is 564. The van der Waals surface area contributed by atoms with Crippen LogP contribution < -0.4 is 20.5 Å². The third kappa shape index (κ3) is 8.11. The molecular weight excluding hydrogens is 337 g/mol. The van der Waals surface area contributed by atoms with Gasteiger partial charge in [-0.2, -0.15) is 13.2 Å². The van der Waals surface area contributed by atoms with Crippen LogP contribution in [0.5, 0.6) is 11.5 Å². The normalized spacial score (nSPS) is 14.1. The van der Waals surface area contributed by atoms with Crippen LogP contribution in [0.4, 0.5) is 13.2 Å². The van der Waals surface area contributed by atoms with Crippen LogP contribution in [-0.2, 0) is 4.79 Å². The van der Waals surface area contributed by atoms with Crippen molar-refractivity contribution in [1.82, 2.24) is 5.32 Å². The Morgan fingerprint density at radius 3 is 2.24 bits per heavy atom. The summed E-state index contributed by atoms with van der Waals surface area (Å²) < 4.78 is 46.8. The predicted molar refractivity (Wildman–Crippen MR) is 88.5 cm³/mol. The van der Waals surface area contributed by atoms with E-state index in [1.165, 1.54) is 18.2 Å². The van der Waals surface area contributed by atoms with Gasteiger partial charge in [-0.15, -0.1) is 0 Å². The molecule has 0 saturated heterocycles. The third-order valence-corrected chi connectivity index (χ3v) is 3.35. The second-order valence-electron chi connectivity index (χ2n) is 6.55. The highest BCUT2D eigenvalue weighted by molar-refractivity contribution is 5.78. The molecule has 1 rings (SSSR count). The highest BCUT2D eigenvalue weighted by atomic mass is 19.4. The van der Waals surface area contributed by atoms with Crippen molar-refractivity contribution < 1.29 is 27.4 Å². The largest absolute Gasteiger partial charge is 0.480 e. The fourth-order valence-corrected chi connectivity index (χ4v) is 2.45. The molecule has 0 heterocycles. The summed E-state index contributed by atoms with van der Waals surface area (Å²) in [5.41, 5.74) is 5.16. The van der Waals surface area contributed by atoms with Crippen molar-refractivity contribution in [3.05, 3.63) is 24.3 Å². The lowest BCUT2D eigenvalue weighted by Gasteiger charge is -2.31. The minimum absolute atomic E-state index is 0.0696. The van der Waals surface area contributed by atoms with Crippen LogP contribution in [0.15, 0.2) is 24.3 Å². The van der Waals surface area contributed by atoms with E-state index in [4.69, 9.17) is 15.2 Å². The zero-order valence-electron chi connectivity index (χ0n) is 14.7. The summed E-state index contributed by atoms with van der Waals surface area (Å²) in [6.07, 6.45) is -3.76. The fourth-order valence-electron chi connectivity index (χ4n) is 2.45. The second-order valence-corrected chi connectivity index (χ2v) is 6.55. The van der Waals surface area contributed by atoms with Gasteiger partial charge in [-0.1, -0.05) is 26.0 Å². The van der Waals surface area contributed by atoms with E-state index in [1.807, 2.05) is 20.8 Å². The molecule has 0 fully saturated rings. The van der Waals surface area contributed by atoms with Crippen molar-refractivity contribution in [3.8, 4) is 11.5 Å². The first-order valence-electron chi connectivity index (χ1n) is 7.97. The average Bonchev–Trinajstić information content (AvgIpc) is 2.50. The van der Waals surface area contributed by atoms with E-state index in [9.17, 15) is 18.0 Å². The van der Waals surface area contributed by atoms with Crippen molar-refractivity contribution in [2.45, 2.75) is 38.9 Å². The van der Waals surface area contributed by atoms with E-state index in [0.29, 0.717) is 12.3 Å². The summed E-state index contributed by atoms with van der Waals surface area (Å²) in [6, 6.07) is 5.89. The van der Waals surface area contributed by atoms with Gasteiger partial charge in [0, 0.05) is 12.1 Å². The minimum Gasteiger partial charge on any atom is -0.480 e. The first-order chi connectivity index (χ1) is 11.5. The van der Waals surface area contributed by atoms with Gasteiger partial charge < -0.3 is 20.5 Å². The smallest absolute Gasteiger partial charge is 0.422 e. The maximum atomic E-state index is 12.3. The van der Waals surface area contributed by atoms with E-state index in [1.54, 1.807) is 6.07 Å². The van der Waals surface area contributed by atoms with Crippen LogP contribution in [0.25, 0.3) is 0 Å². The van der Waals surface area contributed by atoms with Crippen molar-refractivity contribution in [2.75, 3.05) is 19.8 Å². The van der Waals surface area contributed by atoms with Crippen LogP contribution in [0.1, 0.15) is 27.2 Å². The van der Waals surface area contributed by atoms with Gasteiger partial charge in [0.1, 0.15) is 0 Å². The van der Waals surface area contributed by atoms with Crippen molar-refractivity contribution in [3.63, 3.8) is 0 Å². The quantitative estimate of drug-likeness (QED) is 0.708. The molecule has 0 aliphatic rings. The lowest BCUT2D eigenvalue weighted by Crippen LogP contribution is -2.53. The molecule has 8 heteroatoms. The molecule has 25 heavy (non-hydrogen) atoms. The third-order valence-electron chi connectivity index (χ3n) is 3.35. The molecule has 0 spiro atoms. The van der Waals surface area contributed by atoms with E-state index in [0.717, 1.165) is 0 Å². The number of carbonyl (C=O) groups is 1. The number of hydrogen-bond donors (Lipinski definition) is 2. The molecule has 0 aliphatic heterocycles. The van der Waals surface area contributed by atoms with Crippen LogP contribution in [0.3, 0.4) is 0 Å². The van der Waals surface area contributed by atoms with Crippen molar-refractivity contribution in [2.24, 2.45) is 11.7 Å². The number of nitrogens with one attached hydrogen (secondary N) is 1. The summed E-state index contributed by atoms with van der Waals surface area (Å²) in [6.45, 7) is 4.36. The molecule has 1 amide bonds. The molecule has 0 radical (unpaired) electrons. The van der Waals surface area contributed by atoms with Crippen LogP contribution in [0.2, 0.25) is 0 Å². The van der Waals surface area contributed by atoms with Gasteiger partial charge in [-0.05, 0) is 31.4 Å². The predicted octanol–water partition coefficient (Wildman–Crippen LogP) is 2.89. The molecule has 0 bridgehead atoms. The lowest BCUT2D eigenvalue weighted by molar-refractivity contribution is -0.153. The number of halogens is 3. The Morgan fingerprint density at radius 1 is 1.20 bits per heavy atom. The number of amides is 1. The highest BCUT2D eigenvalue weighted by Crippen LogP contribution is 2.28. The van der Waals surface area contributed by atoms with Gasteiger partial charge in [0.15, 0.2) is 24.7 Å². The van der Waals surface area contributed by atoms with Gasteiger partial charge in [0.2, 0.25) is 0 Å². The Labute approximate surface area is 145 Å². The summed E-state index contributed by atoms with van der Waals surface area (Å²) >= 11 is 0. The number of rotatable bonds is 9. The average molecular weight is 362 g/mol. The molecule has 1 unspecified atom stereocenters. The SMILES string of the molecule is CC(C)CC(C)(CN)NC(=O)COc1ccccc1OCC(F)(F)F. The zero-order valence-corrected chi connectivity index (χ0v) is 14.7. The molecule has 5 nitrogen and oxygen atoms in total.